The van der Waals surface area contributed by atoms with Crippen LogP contribution in [0.4, 0.5) is 33.3 Å². The normalized spacial score (nSPS) is 14.8. The smallest absolute Gasteiger partial charge is 0.390 e. The van der Waals surface area contributed by atoms with Gasteiger partial charge < -0.3 is 20.6 Å². The molecule has 0 spiro atoms. The summed E-state index contributed by atoms with van der Waals surface area (Å²) >= 11 is 0. The van der Waals surface area contributed by atoms with Gasteiger partial charge in [-0.25, -0.2) is 8.78 Å². The van der Waals surface area contributed by atoms with Crippen LogP contribution in [0.3, 0.4) is 0 Å². The molecule has 3 aromatic carbocycles. The molecule has 13 heteroatoms. The molecule has 1 aliphatic rings. The van der Waals surface area contributed by atoms with Crippen LogP contribution in [0, 0.1) is 11.6 Å². The number of nitrogens with zero attached hydrogens (tertiary/aromatic N) is 3. The zero-order valence-electron chi connectivity index (χ0n) is 23.3. The summed E-state index contributed by atoms with van der Waals surface area (Å²) in [5, 5.41) is 21.3. The molecule has 0 bridgehead atoms. The van der Waals surface area contributed by atoms with E-state index in [-0.39, 0.29) is 29.9 Å². The van der Waals surface area contributed by atoms with E-state index in [1.165, 1.54) is 6.07 Å². The quantitative estimate of drug-likeness (QED) is 0.288. The maximum atomic E-state index is 13.9. The number of alkyl halides is 3. The fraction of sp³-hybridized carbons (Fsp3) is 0.300. The first-order valence-corrected chi connectivity index (χ1v) is 13.3. The first-order valence-electron chi connectivity index (χ1n) is 13.3. The summed E-state index contributed by atoms with van der Waals surface area (Å²) in [5.41, 5.74) is 0.618. The van der Waals surface area contributed by atoms with Crippen LogP contribution in [0.1, 0.15) is 23.1 Å². The lowest BCUT2D eigenvalue weighted by atomic mass is 10.00. The summed E-state index contributed by atoms with van der Waals surface area (Å²) in [5.74, 6) is -3.26. The highest BCUT2D eigenvalue weighted by atomic mass is 19.4. The summed E-state index contributed by atoms with van der Waals surface area (Å²) in [6, 6.07) is 13.4. The lowest BCUT2D eigenvalue weighted by Gasteiger charge is -2.25. The van der Waals surface area contributed by atoms with Crippen LogP contribution in [0.25, 0.3) is 0 Å². The van der Waals surface area contributed by atoms with Crippen LogP contribution in [-0.4, -0.2) is 55.4 Å². The van der Waals surface area contributed by atoms with E-state index in [0.717, 1.165) is 41.6 Å². The molecule has 0 radical (unpaired) electrons. The van der Waals surface area contributed by atoms with Gasteiger partial charge in [-0.15, -0.1) is 0 Å². The highest BCUT2D eigenvalue weighted by Gasteiger charge is 2.34. The van der Waals surface area contributed by atoms with Gasteiger partial charge in [0.1, 0.15) is 17.3 Å². The van der Waals surface area contributed by atoms with E-state index in [4.69, 9.17) is 0 Å². The van der Waals surface area contributed by atoms with Gasteiger partial charge in [0, 0.05) is 38.9 Å². The first kappa shape index (κ1) is 31.6. The molecular formula is C30H30F5N5O3. The number of benzene rings is 3. The number of hydrogen-bond donors (Lipinski definition) is 3. The van der Waals surface area contributed by atoms with Crippen LogP contribution in [0.5, 0.6) is 0 Å². The van der Waals surface area contributed by atoms with Crippen molar-refractivity contribution in [2.75, 3.05) is 30.5 Å². The predicted molar refractivity (Wildman–Crippen MR) is 151 cm³/mol. The topological polar surface area (TPSA) is 97.3 Å². The Morgan fingerprint density at radius 1 is 1.02 bits per heavy atom. The molecule has 2 amide bonds. The molecule has 228 valence electrons. The molecule has 0 aliphatic carbocycles. The van der Waals surface area contributed by atoms with Gasteiger partial charge >= 0.3 is 6.18 Å². The molecule has 0 fully saturated rings. The third-order valence-electron chi connectivity index (χ3n) is 6.72. The number of aliphatic hydroxyl groups is 1. The van der Waals surface area contributed by atoms with E-state index in [0.29, 0.717) is 17.6 Å². The number of amides is 2. The van der Waals surface area contributed by atoms with E-state index in [1.807, 2.05) is 43.3 Å². The summed E-state index contributed by atoms with van der Waals surface area (Å²) < 4.78 is 67.2. The molecule has 3 N–H and O–H groups in total. The van der Waals surface area contributed by atoms with E-state index in [9.17, 15) is 36.6 Å². The Labute approximate surface area is 244 Å². The fourth-order valence-corrected chi connectivity index (χ4v) is 4.54. The van der Waals surface area contributed by atoms with Crippen molar-refractivity contribution in [3.05, 3.63) is 95.1 Å². The van der Waals surface area contributed by atoms with Crippen molar-refractivity contribution in [3.63, 3.8) is 0 Å². The van der Waals surface area contributed by atoms with Crippen molar-refractivity contribution < 1.29 is 36.6 Å². The van der Waals surface area contributed by atoms with Crippen molar-refractivity contribution in [2.24, 2.45) is 5.10 Å². The minimum Gasteiger partial charge on any atom is -0.390 e. The van der Waals surface area contributed by atoms with Gasteiger partial charge in [-0.3, -0.25) is 9.59 Å². The molecule has 0 saturated heterocycles. The zero-order valence-corrected chi connectivity index (χ0v) is 23.3. The second-order valence-electron chi connectivity index (χ2n) is 10.3. The summed E-state index contributed by atoms with van der Waals surface area (Å²) in [6.07, 6.45) is -6.56. The van der Waals surface area contributed by atoms with Crippen molar-refractivity contribution >= 4 is 28.9 Å². The Bertz CT molecular complexity index is 1490. The Morgan fingerprint density at radius 2 is 1.72 bits per heavy atom. The third kappa shape index (κ3) is 8.36. The molecule has 1 aliphatic heterocycles. The minimum absolute atomic E-state index is 0.0172. The lowest BCUT2D eigenvalue weighted by molar-refractivity contribution is -0.137. The highest BCUT2D eigenvalue weighted by Crippen LogP contribution is 2.32. The predicted octanol–water partition coefficient (Wildman–Crippen LogP) is 4.02. The van der Waals surface area contributed by atoms with E-state index in [2.05, 4.69) is 15.7 Å². The van der Waals surface area contributed by atoms with Crippen LogP contribution >= 0.6 is 0 Å². The Morgan fingerprint density at radius 3 is 2.40 bits per heavy atom. The minimum atomic E-state index is -4.65. The number of hydrogen-bond acceptors (Lipinski definition) is 6. The van der Waals surface area contributed by atoms with E-state index < -0.39 is 53.8 Å². The lowest BCUT2D eigenvalue weighted by Crippen LogP contribution is -2.50. The molecule has 0 aromatic heterocycles. The van der Waals surface area contributed by atoms with E-state index >= 15 is 0 Å². The fourth-order valence-electron chi connectivity index (χ4n) is 4.54. The Hall–Kier alpha value is -4.36. The molecular weight excluding hydrogens is 573 g/mol. The summed E-state index contributed by atoms with van der Waals surface area (Å²) in [7, 11) is 3.81. The number of halogens is 5. The van der Waals surface area contributed by atoms with Gasteiger partial charge in [-0.2, -0.15) is 23.3 Å². The number of aliphatic hydroxyl groups excluding tert-OH is 1. The Kier molecular flexibility index (Phi) is 9.77. The number of hydrazone groups is 1. The van der Waals surface area contributed by atoms with Crippen molar-refractivity contribution in [3.8, 4) is 0 Å². The third-order valence-corrected chi connectivity index (χ3v) is 6.72. The van der Waals surface area contributed by atoms with Crippen LogP contribution < -0.4 is 20.5 Å². The second-order valence-corrected chi connectivity index (χ2v) is 10.3. The average Bonchev–Trinajstić information content (AvgIpc) is 3.33. The average molecular weight is 604 g/mol. The molecule has 0 unspecified atom stereocenters. The van der Waals surface area contributed by atoms with Crippen molar-refractivity contribution in [2.45, 2.75) is 37.7 Å². The van der Waals surface area contributed by atoms with Crippen LogP contribution in [-0.2, 0) is 28.7 Å². The SMILES string of the molecule is CN(C)c1cccc(CNC[C@@H](O)[C@H](Cc2cc(F)cc(F)c2)NC(=O)C2=NN(c3cccc(C(F)(F)F)c3)C(=O)C2)c1. The monoisotopic (exact) mass is 603 g/mol. The Balaban J connectivity index is 1.49. The van der Waals surface area contributed by atoms with Gasteiger partial charge in [0.05, 0.1) is 29.8 Å². The van der Waals surface area contributed by atoms with Gasteiger partial charge in [-0.1, -0.05) is 18.2 Å². The molecule has 4 rings (SSSR count). The number of carbonyl (C=O) groups excluding carboxylic acids is 2. The van der Waals surface area contributed by atoms with Gasteiger partial charge in [0.2, 0.25) is 0 Å². The second kappa shape index (κ2) is 13.3. The maximum absolute atomic E-state index is 13.9. The largest absolute Gasteiger partial charge is 0.416 e. The molecule has 3 aromatic rings. The summed E-state index contributed by atoms with van der Waals surface area (Å²) in [4.78, 5) is 27.7. The number of rotatable bonds is 11. The number of anilines is 2. The standard InChI is InChI=1S/C30H30F5N5O3/c1-39(2)23-7-3-5-18(11-23)16-36-17-27(41)25(12-19-9-21(31)14-22(32)10-19)37-29(43)26-15-28(42)40(38-26)24-8-4-6-20(13-24)30(33,34)35/h3-11,13-14,25,27,36,41H,12,15-17H2,1-2H3,(H,37,43)/t25-,27+/m0/s1. The van der Waals surface area contributed by atoms with Gasteiger partial charge in [0.15, 0.2) is 0 Å². The molecule has 2 atom stereocenters. The van der Waals surface area contributed by atoms with Gasteiger partial charge in [0.25, 0.3) is 11.8 Å². The first-order chi connectivity index (χ1) is 20.3. The van der Waals surface area contributed by atoms with E-state index in [1.54, 1.807) is 0 Å². The number of nitrogens with one attached hydrogen (secondary N) is 2. The maximum Gasteiger partial charge on any atom is 0.416 e. The number of carbonyl (C=O) groups is 2. The van der Waals surface area contributed by atoms with Crippen molar-refractivity contribution in [1.29, 1.82) is 0 Å². The molecule has 8 nitrogen and oxygen atoms in total. The molecule has 43 heavy (non-hydrogen) atoms. The summed E-state index contributed by atoms with van der Waals surface area (Å²) in [6.45, 7) is 0.359. The van der Waals surface area contributed by atoms with Crippen molar-refractivity contribution in [1.82, 2.24) is 10.6 Å². The van der Waals surface area contributed by atoms with Crippen LogP contribution in [0.15, 0.2) is 71.8 Å². The van der Waals surface area contributed by atoms with Gasteiger partial charge in [-0.05, 0) is 60.0 Å². The highest BCUT2D eigenvalue weighted by molar-refractivity contribution is 6.44. The van der Waals surface area contributed by atoms with Crippen LogP contribution in [0.2, 0.25) is 0 Å². The molecule has 0 saturated carbocycles. The molecule has 1 heterocycles. The zero-order chi connectivity index (χ0) is 31.3.